The first kappa shape index (κ1) is 14.3. The number of nitrogens with zero attached hydrogens (tertiary/aromatic N) is 3. The van der Waals surface area contributed by atoms with E-state index in [0.29, 0.717) is 6.54 Å². The second-order valence-corrected chi connectivity index (χ2v) is 5.41. The molecule has 0 bridgehead atoms. The smallest absolute Gasteiger partial charge is 0.320 e. The van der Waals surface area contributed by atoms with Gasteiger partial charge in [0, 0.05) is 39.3 Å². The van der Waals surface area contributed by atoms with E-state index in [1.807, 2.05) is 9.80 Å². The minimum absolute atomic E-state index is 0.220. The van der Waals surface area contributed by atoms with Crippen molar-refractivity contribution in [3.8, 4) is 0 Å². The maximum atomic E-state index is 12.0. The zero-order valence-corrected chi connectivity index (χ0v) is 11.5. The van der Waals surface area contributed by atoms with Crippen molar-refractivity contribution in [3.05, 3.63) is 0 Å². The molecule has 2 rings (SSSR count). The molecule has 108 valence electrons. The lowest BCUT2D eigenvalue weighted by molar-refractivity contribution is -0.144. The van der Waals surface area contributed by atoms with Crippen LogP contribution in [0.5, 0.6) is 0 Å². The van der Waals surface area contributed by atoms with Gasteiger partial charge in [-0.05, 0) is 19.8 Å². The van der Waals surface area contributed by atoms with Gasteiger partial charge in [-0.2, -0.15) is 0 Å². The minimum atomic E-state index is -0.776. The van der Waals surface area contributed by atoms with Crippen LogP contribution in [0.4, 0.5) is 0 Å². The Hall–Kier alpha value is -1.14. The fourth-order valence-electron chi connectivity index (χ4n) is 2.72. The van der Waals surface area contributed by atoms with Gasteiger partial charge < -0.3 is 10.0 Å². The summed E-state index contributed by atoms with van der Waals surface area (Å²) in [5, 5.41) is 8.97. The van der Waals surface area contributed by atoms with Crippen LogP contribution in [0, 0.1) is 0 Å². The Balaban J connectivity index is 1.74. The molecule has 0 spiro atoms. The Kier molecular flexibility index (Phi) is 4.76. The molecule has 2 aliphatic heterocycles. The largest absolute Gasteiger partial charge is 0.480 e. The summed E-state index contributed by atoms with van der Waals surface area (Å²) in [5.41, 5.74) is 0. The maximum Gasteiger partial charge on any atom is 0.320 e. The molecule has 2 fully saturated rings. The van der Waals surface area contributed by atoms with Gasteiger partial charge >= 0.3 is 5.97 Å². The summed E-state index contributed by atoms with van der Waals surface area (Å²) in [6, 6.07) is -0.434. The van der Waals surface area contributed by atoms with E-state index in [2.05, 4.69) is 4.90 Å². The molecule has 2 heterocycles. The van der Waals surface area contributed by atoms with E-state index in [0.717, 1.165) is 52.1 Å². The van der Waals surface area contributed by atoms with Crippen LogP contribution in [0.3, 0.4) is 0 Å². The Morgan fingerprint density at radius 1 is 1.05 bits per heavy atom. The molecule has 1 amide bonds. The molecule has 0 radical (unpaired) electrons. The molecular weight excluding hydrogens is 246 g/mol. The van der Waals surface area contributed by atoms with Gasteiger partial charge in [0.15, 0.2) is 0 Å². The molecule has 6 heteroatoms. The Morgan fingerprint density at radius 3 is 2.16 bits per heavy atom. The van der Waals surface area contributed by atoms with E-state index in [4.69, 9.17) is 5.11 Å². The van der Waals surface area contributed by atoms with Gasteiger partial charge in [0.1, 0.15) is 6.04 Å². The Labute approximate surface area is 114 Å². The van der Waals surface area contributed by atoms with Crippen molar-refractivity contribution in [2.75, 3.05) is 45.8 Å². The normalized spacial score (nSPS) is 23.5. The number of amides is 1. The fraction of sp³-hybridized carbons (Fsp3) is 0.846. The highest BCUT2D eigenvalue weighted by Gasteiger charge is 2.27. The van der Waals surface area contributed by atoms with Gasteiger partial charge in [-0.3, -0.25) is 19.4 Å². The fourth-order valence-corrected chi connectivity index (χ4v) is 2.72. The van der Waals surface area contributed by atoms with E-state index in [1.165, 1.54) is 0 Å². The van der Waals surface area contributed by atoms with Crippen LogP contribution in [0.25, 0.3) is 0 Å². The average molecular weight is 269 g/mol. The molecule has 0 aromatic rings. The molecular formula is C13H23N3O3. The number of carbonyl (C=O) groups is 2. The second-order valence-electron chi connectivity index (χ2n) is 5.41. The zero-order chi connectivity index (χ0) is 13.8. The Bertz CT molecular complexity index is 334. The van der Waals surface area contributed by atoms with Crippen molar-refractivity contribution < 1.29 is 14.7 Å². The number of hydrogen-bond acceptors (Lipinski definition) is 4. The monoisotopic (exact) mass is 269 g/mol. The first-order chi connectivity index (χ1) is 9.08. The molecule has 2 saturated heterocycles. The molecule has 19 heavy (non-hydrogen) atoms. The van der Waals surface area contributed by atoms with Gasteiger partial charge in [-0.1, -0.05) is 0 Å². The highest BCUT2D eigenvalue weighted by Crippen LogP contribution is 2.10. The first-order valence-electron chi connectivity index (χ1n) is 7.05. The lowest BCUT2D eigenvalue weighted by Crippen LogP contribution is -2.53. The van der Waals surface area contributed by atoms with E-state index in [1.54, 1.807) is 6.92 Å². The summed E-state index contributed by atoms with van der Waals surface area (Å²) in [7, 11) is 0. The highest BCUT2D eigenvalue weighted by atomic mass is 16.4. The number of hydrogen-bond donors (Lipinski definition) is 1. The third-order valence-corrected chi connectivity index (χ3v) is 4.13. The van der Waals surface area contributed by atoms with E-state index in [-0.39, 0.29) is 5.91 Å². The summed E-state index contributed by atoms with van der Waals surface area (Å²) in [4.78, 5) is 29.0. The molecule has 1 atom stereocenters. The molecule has 0 saturated carbocycles. The predicted octanol–water partition coefficient (Wildman–Crippen LogP) is -0.300. The lowest BCUT2D eigenvalue weighted by atomic mass is 10.2. The molecule has 6 nitrogen and oxygen atoms in total. The highest BCUT2D eigenvalue weighted by molar-refractivity contribution is 5.78. The summed E-state index contributed by atoms with van der Waals surface area (Å²) in [6.45, 7) is 6.99. The van der Waals surface area contributed by atoms with Crippen LogP contribution in [-0.2, 0) is 9.59 Å². The van der Waals surface area contributed by atoms with Crippen molar-refractivity contribution in [1.29, 1.82) is 0 Å². The number of rotatable bonds is 4. The van der Waals surface area contributed by atoms with Gasteiger partial charge in [-0.25, -0.2) is 0 Å². The van der Waals surface area contributed by atoms with Crippen LogP contribution < -0.4 is 0 Å². The molecule has 0 aliphatic carbocycles. The van der Waals surface area contributed by atoms with Crippen molar-refractivity contribution in [1.82, 2.24) is 14.7 Å². The molecule has 1 N–H and O–H groups in total. The van der Waals surface area contributed by atoms with Gasteiger partial charge in [0.25, 0.3) is 0 Å². The summed E-state index contributed by atoms with van der Waals surface area (Å²) in [6.07, 6.45) is 2.24. The summed E-state index contributed by atoms with van der Waals surface area (Å²) >= 11 is 0. The average Bonchev–Trinajstić information content (AvgIpc) is 2.92. The topological polar surface area (TPSA) is 64.1 Å². The third kappa shape index (κ3) is 3.67. The maximum absolute atomic E-state index is 12.0. The molecule has 1 unspecified atom stereocenters. The quantitative estimate of drug-likeness (QED) is 0.759. The van der Waals surface area contributed by atoms with Crippen molar-refractivity contribution in [3.63, 3.8) is 0 Å². The second kappa shape index (κ2) is 6.34. The van der Waals surface area contributed by atoms with Gasteiger partial charge in [-0.15, -0.1) is 0 Å². The van der Waals surface area contributed by atoms with Gasteiger partial charge in [0.2, 0.25) is 5.91 Å². The minimum Gasteiger partial charge on any atom is -0.480 e. The van der Waals surface area contributed by atoms with Crippen molar-refractivity contribution in [2.45, 2.75) is 25.8 Å². The van der Waals surface area contributed by atoms with Crippen LogP contribution in [0.1, 0.15) is 19.8 Å². The number of piperazine rings is 1. The number of carboxylic acids is 1. The van der Waals surface area contributed by atoms with Crippen LogP contribution in [0.15, 0.2) is 0 Å². The van der Waals surface area contributed by atoms with Gasteiger partial charge in [0.05, 0.1) is 6.54 Å². The third-order valence-electron chi connectivity index (χ3n) is 4.13. The Morgan fingerprint density at radius 2 is 1.63 bits per heavy atom. The molecule has 2 aliphatic rings. The SMILES string of the molecule is CC(C(=O)O)N1CCN(CC(=O)N2CCCC2)CC1. The zero-order valence-electron chi connectivity index (χ0n) is 11.5. The number of aliphatic carboxylic acids is 1. The van der Waals surface area contributed by atoms with E-state index in [9.17, 15) is 9.59 Å². The summed E-state index contributed by atoms with van der Waals surface area (Å²) in [5.74, 6) is -0.557. The number of carboxylic acid groups (broad SMARTS) is 1. The van der Waals surface area contributed by atoms with Crippen LogP contribution >= 0.6 is 0 Å². The molecule has 0 aromatic carbocycles. The van der Waals surface area contributed by atoms with Crippen LogP contribution in [0.2, 0.25) is 0 Å². The van der Waals surface area contributed by atoms with E-state index >= 15 is 0 Å². The van der Waals surface area contributed by atoms with Crippen LogP contribution in [-0.4, -0.2) is 83.5 Å². The van der Waals surface area contributed by atoms with Crippen molar-refractivity contribution >= 4 is 11.9 Å². The molecule has 0 aromatic heterocycles. The van der Waals surface area contributed by atoms with E-state index < -0.39 is 12.0 Å². The van der Waals surface area contributed by atoms with Crippen molar-refractivity contribution in [2.24, 2.45) is 0 Å². The number of likely N-dealkylation sites (tertiary alicyclic amines) is 1. The number of carbonyl (C=O) groups excluding carboxylic acids is 1. The summed E-state index contributed by atoms with van der Waals surface area (Å²) < 4.78 is 0. The first-order valence-corrected chi connectivity index (χ1v) is 7.05. The lowest BCUT2D eigenvalue weighted by Gasteiger charge is -2.36. The predicted molar refractivity (Wildman–Crippen MR) is 70.9 cm³/mol. The standard InChI is InChI=1S/C13H23N3O3/c1-11(13(18)19)15-8-6-14(7-9-15)10-12(17)16-4-2-3-5-16/h11H,2-10H2,1H3,(H,18,19).